The molecule has 1 saturated carbocycles. The molecule has 0 aromatic heterocycles. The van der Waals surface area contributed by atoms with Crippen molar-refractivity contribution in [3.8, 4) is 0 Å². The summed E-state index contributed by atoms with van der Waals surface area (Å²) in [5, 5.41) is 11.9. The van der Waals surface area contributed by atoms with Gasteiger partial charge in [0.1, 0.15) is 0 Å². The highest BCUT2D eigenvalue weighted by Gasteiger charge is 2.42. The van der Waals surface area contributed by atoms with Gasteiger partial charge in [0, 0.05) is 5.69 Å². The third-order valence-electron chi connectivity index (χ3n) is 4.05. The largest absolute Gasteiger partial charge is 0.478 e. The topological polar surface area (TPSA) is 66.4 Å². The van der Waals surface area contributed by atoms with Gasteiger partial charge in [0.25, 0.3) is 0 Å². The fraction of sp³-hybridized carbons (Fsp3) is 0.375. The molecule has 1 aromatic rings. The molecule has 1 aromatic carbocycles. The van der Waals surface area contributed by atoms with Gasteiger partial charge in [0.05, 0.1) is 11.0 Å². The van der Waals surface area contributed by atoms with Gasteiger partial charge in [-0.3, -0.25) is 4.79 Å². The Morgan fingerprint density at radius 1 is 1.45 bits per heavy atom. The molecule has 0 bridgehead atoms. The summed E-state index contributed by atoms with van der Waals surface area (Å²) in [6.45, 7) is 5.44. The van der Waals surface area contributed by atoms with E-state index in [4.69, 9.17) is 5.11 Å². The highest BCUT2D eigenvalue weighted by atomic mass is 16.4. The Bertz CT molecular complexity index is 559. The van der Waals surface area contributed by atoms with E-state index >= 15 is 0 Å². The molecule has 106 valence electrons. The zero-order chi connectivity index (χ0) is 14.8. The lowest BCUT2D eigenvalue weighted by atomic mass is 9.66. The SMILES string of the molecule is C=CCC1(C(=O)Nc2ccc(C)c(C(=O)O)c2)CCC1. The van der Waals surface area contributed by atoms with Gasteiger partial charge in [-0.2, -0.15) is 0 Å². The molecule has 1 aliphatic carbocycles. The van der Waals surface area contributed by atoms with E-state index in [1.54, 1.807) is 25.1 Å². The number of amides is 1. The standard InChI is InChI=1S/C16H19NO3/c1-3-7-16(8-4-9-16)15(20)17-12-6-5-11(2)13(10-12)14(18)19/h3,5-6,10H,1,4,7-9H2,2H3,(H,17,20)(H,18,19). The van der Waals surface area contributed by atoms with E-state index in [-0.39, 0.29) is 16.9 Å². The molecule has 2 N–H and O–H groups in total. The molecule has 1 aliphatic rings. The predicted molar refractivity (Wildman–Crippen MR) is 77.9 cm³/mol. The Morgan fingerprint density at radius 3 is 2.65 bits per heavy atom. The maximum atomic E-state index is 12.4. The fourth-order valence-electron chi connectivity index (χ4n) is 2.60. The summed E-state index contributed by atoms with van der Waals surface area (Å²) in [7, 11) is 0. The molecule has 2 rings (SSSR count). The molecule has 0 radical (unpaired) electrons. The first kappa shape index (κ1) is 14.3. The molecule has 4 nitrogen and oxygen atoms in total. The number of aromatic carboxylic acids is 1. The van der Waals surface area contributed by atoms with Gasteiger partial charge in [-0.1, -0.05) is 18.6 Å². The van der Waals surface area contributed by atoms with E-state index in [0.29, 0.717) is 17.7 Å². The lowest BCUT2D eigenvalue weighted by Crippen LogP contribution is -2.41. The van der Waals surface area contributed by atoms with Gasteiger partial charge in [-0.15, -0.1) is 6.58 Å². The average molecular weight is 273 g/mol. The summed E-state index contributed by atoms with van der Waals surface area (Å²) < 4.78 is 0. The normalized spacial score (nSPS) is 16.1. The highest BCUT2D eigenvalue weighted by molar-refractivity contribution is 5.98. The molecule has 20 heavy (non-hydrogen) atoms. The Hall–Kier alpha value is -2.10. The number of carbonyl (C=O) groups is 2. The number of rotatable bonds is 5. The molecule has 4 heteroatoms. The molecule has 1 fully saturated rings. The monoisotopic (exact) mass is 273 g/mol. The third kappa shape index (κ3) is 2.59. The van der Waals surface area contributed by atoms with Crippen molar-refractivity contribution in [2.45, 2.75) is 32.6 Å². The molecule has 0 saturated heterocycles. The summed E-state index contributed by atoms with van der Waals surface area (Å²) in [6, 6.07) is 4.95. The molecule has 0 atom stereocenters. The van der Waals surface area contributed by atoms with Gasteiger partial charge >= 0.3 is 5.97 Å². The lowest BCUT2D eigenvalue weighted by molar-refractivity contribution is -0.130. The maximum Gasteiger partial charge on any atom is 0.336 e. The molecule has 0 unspecified atom stereocenters. The van der Waals surface area contributed by atoms with Crippen molar-refractivity contribution in [3.63, 3.8) is 0 Å². The quantitative estimate of drug-likeness (QED) is 0.808. The first-order valence-electron chi connectivity index (χ1n) is 6.75. The Labute approximate surface area is 118 Å². The van der Waals surface area contributed by atoms with Crippen molar-refractivity contribution in [1.82, 2.24) is 0 Å². The number of carboxylic acids is 1. The van der Waals surface area contributed by atoms with Crippen LogP contribution < -0.4 is 5.32 Å². The highest BCUT2D eigenvalue weighted by Crippen LogP contribution is 2.45. The van der Waals surface area contributed by atoms with Crippen LogP contribution in [0.2, 0.25) is 0 Å². The van der Waals surface area contributed by atoms with Crippen molar-refractivity contribution >= 4 is 17.6 Å². The van der Waals surface area contributed by atoms with Crippen LogP contribution in [-0.4, -0.2) is 17.0 Å². The average Bonchev–Trinajstić information content (AvgIpc) is 2.35. The summed E-state index contributed by atoms with van der Waals surface area (Å²) in [5.74, 6) is -1.02. The van der Waals surface area contributed by atoms with E-state index in [1.807, 2.05) is 0 Å². The van der Waals surface area contributed by atoms with Gasteiger partial charge in [0.2, 0.25) is 5.91 Å². The molecule has 1 amide bonds. The minimum atomic E-state index is -0.983. The van der Waals surface area contributed by atoms with E-state index in [1.165, 1.54) is 6.07 Å². The second-order valence-electron chi connectivity index (χ2n) is 5.42. The van der Waals surface area contributed by atoms with Gasteiger partial charge < -0.3 is 10.4 Å². The van der Waals surface area contributed by atoms with Crippen LogP contribution in [0.25, 0.3) is 0 Å². The molecule has 0 heterocycles. The number of carbonyl (C=O) groups excluding carboxylic acids is 1. The molecule has 0 aliphatic heterocycles. The second kappa shape index (κ2) is 5.49. The number of benzene rings is 1. The van der Waals surface area contributed by atoms with Crippen LogP contribution in [0.1, 0.15) is 41.6 Å². The summed E-state index contributed by atoms with van der Waals surface area (Å²) in [4.78, 5) is 23.5. The van der Waals surface area contributed by atoms with E-state index in [9.17, 15) is 9.59 Å². The zero-order valence-electron chi connectivity index (χ0n) is 11.6. The van der Waals surface area contributed by atoms with Gasteiger partial charge in [-0.05, 0) is 43.9 Å². The van der Waals surface area contributed by atoms with Gasteiger partial charge in [-0.25, -0.2) is 4.79 Å². The van der Waals surface area contributed by atoms with E-state index in [0.717, 1.165) is 19.3 Å². The number of nitrogens with one attached hydrogen (secondary N) is 1. The molecule has 0 spiro atoms. The van der Waals surface area contributed by atoms with Crippen LogP contribution in [0, 0.1) is 12.3 Å². The molecular formula is C16H19NO3. The Balaban J connectivity index is 2.17. The molecular weight excluding hydrogens is 254 g/mol. The van der Waals surface area contributed by atoms with Crippen molar-refractivity contribution in [2.75, 3.05) is 5.32 Å². The van der Waals surface area contributed by atoms with E-state index < -0.39 is 5.97 Å². The van der Waals surface area contributed by atoms with Crippen LogP contribution in [-0.2, 0) is 4.79 Å². The van der Waals surface area contributed by atoms with Crippen LogP contribution in [0.5, 0.6) is 0 Å². The number of anilines is 1. The zero-order valence-corrected chi connectivity index (χ0v) is 11.6. The van der Waals surface area contributed by atoms with Crippen molar-refractivity contribution in [3.05, 3.63) is 42.0 Å². The third-order valence-corrected chi connectivity index (χ3v) is 4.05. The van der Waals surface area contributed by atoms with Crippen LogP contribution in [0.15, 0.2) is 30.9 Å². The van der Waals surface area contributed by atoms with E-state index in [2.05, 4.69) is 11.9 Å². The lowest BCUT2D eigenvalue weighted by Gasteiger charge is -2.39. The Kier molecular flexibility index (Phi) is 3.93. The van der Waals surface area contributed by atoms with Gasteiger partial charge in [0.15, 0.2) is 0 Å². The fourth-order valence-corrected chi connectivity index (χ4v) is 2.60. The number of aryl methyl sites for hydroxylation is 1. The van der Waals surface area contributed by atoms with Crippen molar-refractivity contribution < 1.29 is 14.7 Å². The number of hydrogen-bond acceptors (Lipinski definition) is 2. The summed E-state index contributed by atoms with van der Waals surface area (Å²) >= 11 is 0. The number of allylic oxidation sites excluding steroid dienone is 1. The first-order chi connectivity index (χ1) is 9.48. The van der Waals surface area contributed by atoms with Crippen molar-refractivity contribution in [2.24, 2.45) is 5.41 Å². The maximum absolute atomic E-state index is 12.4. The van der Waals surface area contributed by atoms with Crippen molar-refractivity contribution in [1.29, 1.82) is 0 Å². The predicted octanol–water partition coefficient (Wildman–Crippen LogP) is 3.38. The Morgan fingerprint density at radius 2 is 2.15 bits per heavy atom. The first-order valence-corrected chi connectivity index (χ1v) is 6.75. The second-order valence-corrected chi connectivity index (χ2v) is 5.42. The summed E-state index contributed by atoms with van der Waals surface area (Å²) in [5.41, 5.74) is 1.08. The minimum Gasteiger partial charge on any atom is -0.478 e. The number of carboxylic acid groups (broad SMARTS) is 1. The van der Waals surface area contributed by atoms with Crippen LogP contribution in [0.3, 0.4) is 0 Å². The van der Waals surface area contributed by atoms with Crippen LogP contribution in [0.4, 0.5) is 5.69 Å². The van der Waals surface area contributed by atoms with Crippen LogP contribution >= 0.6 is 0 Å². The number of hydrogen-bond donors (Lipinski definition) is 2. The summed E-state index contributed by atoms with van der Waals surface area (Å²) in [6.07, 6.45) is 5.22. The minimum absolute atomic E-state index is 0.0381. The smallest absolute Gasteiger partial charge is 0.336 e.